The van der Waals surface area contributed by atoms with Crippen molar-refractivity contribution < 1.29 is 27.3 Å². The Morgan fingerprint density at radius 3 is 2.58 bits per heavy atom. The quantitative estimate of drug-likeness (QED) is 0.472. The standard InChI is InChI=1S/C20H19F3N6O3S/c1-29(2)33(31)14-3-4-17(26-10-14)28-18-9-13(5-8-25-18)19(30)27-15-11-24-7-6-16(15)32-12-20(21,22)23/h3-11H,12H2,1-2H3,(H,27,30)(H,25,26,28). The molecule has 1 atom stereocenters. The minimum Gasteiger partial charge on any atom is -0.593 e. The maximum Gasteiger partial charge on any atom is 0.422 e. The number of hydrogen-bond acceptors (Lipinski definition) is 8. The van der Waals surface area contributed by atoms with Gasteiger partial charge in [-0.2, -0.15) is 13.2 Å². The fourth-order valence-electron chi connectivity index (χ4n) is 2.50. The Balaban J connectivity index is 1.69. The van der Waals surface area contributed by atoms with Gasteiger partial charge < -0.3 is 19.9 Å². The highest BCUT2D eigenvalue weighted by Gasteiger charge is 2.29. The van der Waals surface area contributed by atoms with Gasteiger partial charge >= 0.3 is 6.18 Å². The fourth-order valence-corrected chi connectivity index (χ4v) is 3.24. The Bertz CT molecular complexity index is 1100. The number of pyridine rings is 3. The van der Waals surface area contributed by atoms with Crippen LogP contribution in [0.25, 0.3) is 0 Å². The van der Waals surface area contributed by atoms with Gasteiger partial charge in [0.25, 0.3) is 5.91 Å². The molecular formula is C20H19F3N6O3S. The van der Waals surface area contributed by atoms with Crippen LogP contribution in [-0.2, 0) is 11.4 Å². The molecule has 0 aliphatic rings. The lowest BCUT2D eigenvalue weighted by molar-refractivity contribution is -0.153. The molecule has 0 aromatic carbocycles. The first-order valence-corrected chi connectivity index (χ1v) is 10.5. The summed E-state index contributed by atoms with van der Waals surface area (Å²) in [6.07, 6.45) is 0.760. The highest BCUT2D eigenvalue weighted by atomic mass is 32.2. The van der Waals surface area contributed by atoms with Crippen molar-refractivity contribution >= 4 is 34.6 Å². The first-order valence-electron chi connectivity index (χ1n) is 9.35. The lowest BCUT2D eigenvalue weighted by atomic mass is 10.2. The zero-order chi connectivity index (χ0) is 24.0. The molecule has 0 bridgehead atoms. The third kappa shape index (κ3) is 7.03. The number of carbonyl (C=O) groups excluding carboxylic acids is 1. The van der Waals surface area contributed by atoms with E-state index in [0.717, 1.165) is 0 Å². The number of halogens is 3. The van der Waals surface area contributed by atoms with Crippen molar-refractivity contribution in [1.82, 2.24) is 19.3 Å². The Morgan fingerprint density at radius 1 is 1.12 bits per heavy atom. The highest BCUT2D eigenvalue weighted by Crippen LogP contribution is 2.26. The Labute approximate surface area is 190 Å². The molecule has 174 valence electrons. The minimum absolute atomic E-state index is 0.00998. The van der Waals surface area contributed by atoms with Crippen LogP contribution in [0.5, 0.6) is 5.75 Å². The molecule has 1 amide bonds. The van der Waals surface area contributed by atoms with Gasteiger partial charge in [0, 0.05) is 44.2 Å². The van der Waals surface area contributed by atoms with Gasteiger partial charge in [-0.1, -0.05) is 0 Å². The summed E-state index contributed by atoms with van der Waals surface area (Å²) in [5, 5.41) is 5.41. The predicted octanol–water partition coefficient (Wildman–Crippen LogP) is 3.39. The molecule has 3 aromatic rings. The van der Waals surface area contributed by atoms with Gasteiger partial charge in [0.2, 0.25) is 0 Å². The molecule has 3 heterocycles. The van der Waals surface area contributed by atoms with Crippen LogP contribution < -0.4 is 15.4 Å². The maximum absolute atomic E-state index is 12.6. The number of anilines is 3. The van der Waals surface area contributed by atoms with E-state index in [-0.39, 0.29) is 17.0 Å². The average Bonchev–Trinajstić information content (AvgIpc) is 2.78. The monoisotopic (exact) mass is 480 g/mol. The molecule has 3 aromatic heterocycles. The number of carbonyl (C=O) groups is 1. The van der Waals surface area contributed by atoms with Crippen molar-refractivity contribution in [2.75, 3.05) is 31.3 Å². The van der Waals surface area contributed by atoms with Crippen molar-refractivity contribution in [1.29, 1.82) is 0 Å². The van der Waals surface area contributed by atoms with Crippen LogP contribution in [-0.4, -0.2) is 56.6 Å². The smallest absolute Gasteiger partial charge is 0.422 e. The second-order valence-corrected chi connectivity index (χ2v) is 8.43. The molecule has 0 aliphatic carbocycles. The number of nitrogens with one attached hydrogen (secondary N) is 2. The lowest BCUT2D eigenvalue weighted by Gasteiger charge is -2.15. The van der Waals surface area contributed by atoms with Gasteiger partial charge in [-0.3, -0.25) is 9.78 Å². The first kappa shape index (κ1) is 24.2. The summed E-state index contributed by atoms with van der Waals surface area (Å²) in [4.78, 5) is 25.3. The van der Waals surface area contributed by atoms with Gasteiger partial charge in [-0.15, -0.1) is 4.31 Å². The Hall–Kier alpha value is -3.42. The zero-order valence-electron chi connectivity index (χ0n) is 17.5. The molecule has 0 radical (unpaired) electrons. The largest absolute Gasteiger partial charge is 0.593 e. The molecule has 0 aliphatic heterocycles. The number of hydrogen-bond donors (Lipinski definition) is 2. The van der Waals surface area contributed by atoms with E-state index in [2.05, 4.69) is 25.6 Å². The van der Waals surface area contributed by atoms with Crippen LogP contribution in [0.1, 0.15) is 10.4 Å². The summed E-state index contributed by atoms with van der Waals surface area (Å²) < 4.78 is 55.7. The summed E-state index contributed by atoms with van der Waals surface area (Å²) in [6, 6.07) is 7.36. The average molecular weight is 480 g/mol. The van der Waals surface area contributed by atoms with Crippen molar-refractivity contribution in [2.24, 2.45) is 0 Å². The lowest BCUT2D eigenvalue weighted by Crippen LogP contribution is -2.22. The number of alkyl halides is 3. The second-order valence-electron chi connectivity index (χ2n) is 6.73. The van der Waals surface area contributed by atoms with E-state index in [1.165, 1.54) is 47.3 Å². The topological polar surface area (TPSA) is 115 Å². The number of amides is 1. The van der Waals surface area contributed by atoms with Crippen molar-refractivity contribution in [3.8, 4) is 5.75 Å². The molecule has 3 rings (SSSR count). The molecular weight excluding hydrogens is 461 g/mol. The Morgan fingerprint density at radius 2 is 1.91 bits per heavy atom. The van der Waals surface area contributed by atoms with Gasteiger partial charge in [0.15, 0.2) is 11.5 Å². The molecule has 1 unspecified atom stereocenters. The van der Waals surface area contributed by atoms with Crippen molar-refractivity contribution in [2.45, 2.75) is 11.1 Å². The van der Waals surface area contributed by atoms with Gasteiger partial charge in [-0.05, 0) is 18.2 Å². The second kappa shape index (κ2) is 10.5. The van der Waals surface area contributed by atoms with E-state index < -0.39 is 30.1 Å². The molecule has 13 heteroatoms. The van der Waals surface area contributed by atoms with Crippen LogP contribution in [0.15, 0.2) is 60.0 Å². The maximum atomic E-state index is 12.6. The fraction of sp³-hybridized carbons (Fsp3) is 0.200. The van der Waals surface area contributed by atoms with Crippen LogP contribution >= 0.6 is 0 Å². The van der Waals surface area contributed by atoms with Crippen LogP contribution in [0, 0.1) is 0 Å². The molecule has 0 saturated carbocycles. The van der Waals surface area contributed by atoms with Crippen molar-refractivity contribution in [3.63, 3.8) is 0 Å². The SMILES string of the molecule is CN(C)[S+]([O-])c1ccc(Nc2cc(C(=O)Nc3cnccc3OCC(F)(F)F)ccn2)nc1. The number of ether oxygens (including phenoxy) is 1. The van der Waals surface area contributed by atoms with Gasteiger partial charge in [0.05, 0.1) is 23.8 Å². The van der Waals surface area contributed by atoms with Crippen LogP contribution in [0.4, 0.5) is 30.5 Å². The normalized spacial score (nSPS) is 12.3. The number of nitrogens with zero attached hydrogens (tertiary/aromatic N) is 4. The van der Waals surface area contributed by atoms with Crippen LogP contribution in [0.3, 0.4) is 0 Å². The molecule has 33 heavy (non-hydrogen) atoms. The van der Waals surface area contributed by atoms with E-state index in [4.69, 9.17) is 4.74 Å². The summed E-state index contributed by atoms with van der Waals surface area (Å²) in [5.74, 6) is -0.0523. The number of rotatable bonds is 8. The third-order valence-electron chi connectivity index (χ3n) is 3.97. The predicted molar refractivity (Wildman–Crippen MR) is 116 cm³/mol. The van der Waals surface area contributed by atoms with Crippen LogP contribution in [0.2, 0.25) is 0 Å². The first-order chi connectivity index (χ1) is 15.6. The molecule has 0 saturated heterocycles. The molecule has 9 nitrogen and oxygen atoms in total. The molecule has 0 spiro atoms. The minimum atomic E-state index is -4.52. The molecule has 0 fully saturated rings. The summed E-state index contributed by atoms with van der Waals surface area (Å²) in [7, 11) is 3.36. The van der Waals surface area contributed by atoms with E-state index in [1.807, 2.05) is 0 Å². The van der Waals surface area contributed by atoms with Gasteiger partial charge in [0.1, 0.15) is 23.1 Å². The summed E-state index contributed by atoms with van der Waals surface area (Å²) in [6.45, 7) is -1.50. The van der Waals surface area contributed by atoms with Crippen molar-refractivity contribution in [3.05, 3.63) is 60.7 Å². The van der Waals surface area contributed by atoms with E-state index >= 15 is 0 Å². The summed E-state index contributed by atoms with van der Waals surface area (Å²) in [5.41, 5.74) is 0.174. The van der Waals surface area contributed by atoms with E-state index in [1.54, 1.807) is 26.2 Å². The Kier molecular flexibility index (Phi) is 7.68. The summed E-state index contributed by atoms with van der Waals surface area (Å²) >= 11 is -1.33. The highest BCUT2D eigenvalue weighted by molar-refractivity contribution is 7.89. The molecule has 2 N–H and O–H groups in total. The number of aromatic nitrogens is 3. The van der Waals surface area contributed by atoms with E-state index in [9.17, 15) is 22.5 Å². The van der Waals surface area contributed by atoms with E-state index in [0.29, 0.717) is 16.5 Å². The van der Waals surface area contributed by atoms with Gasteiger partial charge in [-0.25, -0.2) is 9.97 Å². The third-order valence-corrected chi connectivity index (χ3v) is 5.28. The zero-order valence-corrected chi connectivity index (χ0v) is 18.3.